The third-order valence-corrected chi connectivity index (χ3v) is 1.88. The largest absolute Gasteiger partial charge is 0.444 e. The van der Waals surface area contributed by atoms with E-state index in [1.165, 1.54) is 12.8 Å². The van der Waals surface area contributed by atoms with Crippen LogP contribution >= 0.6 is 0 Å². The van der Waals surface area contributed by atoms with Crippen molar-refractivity contribution in [1.82, 2.24) is 5.32 Å². The van der Waals surface area contributed by atoms with Gasteiger partial charge in [-0.3, -0.25) is 0 Å². The Morgan fingerprint density at radius 2 is 2.45 bits per heavy atom. The highest BCUT2D eigenvalue weighted by Crippen LogP contribution is 2.09. The molecule has 0 saturated carbocycles. The molecule has 0 radical (unpaired) electrons. The van der Waals surface area contributed by atoms with Crippen LogP contribution in [-0.2, 0) is 4.74 Å². The van der Waals surface area contributed by atoms with Crippen LogP contribution in [0.2, 0.25) is 0 Å². The van der Waals surface area contributed by atoms with Gasteiger partial charge in [0.05, 0.1) is 6.54 Å². The van der Waals surface area contributed by atoms with E-state index < -0.39 is 0 Å². The molecule has 1 aliphatic rings. The molecule has 1 unspecified atom stereocenters. The average Bonchev–Trinajstić information content (AvgIpc) is 2.37. The van der Waals surface area contributed by atoms with E-state index in [1.807, 2.05) is 0 Å². The number of amides is 1. The van der Waals surface area contributed by atoms with Crippen molar-refractivity contribution in [3.05, 3.63) is 0 Å². The lowest BCUT2D eigenvalue weighted by molar-refractivity contribution is 0.134. The van der Waals surface area contributed by atoms with E-state index in [2.05, 4.69) is 12.2 Å². The molecule has 1 heterocycles. The number of hydrogen-bond acceptors (Lipinski definition) is 2. The minimum Gasteiger partial charge on any atom is -0.444 e. The Bertz CT molecular complexity index is 136. The first kappa shape index (κ1) is 8.37. The molecule has 1 fully saturated rings. The van der Waals surface area contributed by atoms with E-state index in [9.17, 15) is 4.79 Å². The Balaban J connectivity index is 2.04. The normalized spacial score (nSPS) is 23.0. The van der Waals surface area contributed by atoms with Gasteiger partial charge in [-0.05, 0) is 12.8 Å². The molecule has 0 spiro atoms. The second kappa shape index (κ2) is 4.21. The van der Waals surface area contributed by atoms with E-state index in [0.717, 1.165) is 12.8 Å². The van der Waals surface area contributed by atoms with Crippen molar-refractivity contribution in [2.45, 2.75) is 38.7 Å². The highest BCUT2D eigenvalue weighted by molar-refractivity contribution is 5.69. The number of carbonyl (C=O) groups is 1. The number of nitrogens with one attached hydrogen (secondary N) is 1. The van der Waals surface area contributed by atoms with Gasteiger partial charge in [0.15, 0.2) is 0 Å². The van der Waals surface area contributed by atoms with Crippen LogP contribution in [0.5, 0.6) is 0 Å². The second-order valence-corrected chi connectivity index (χ2v) is 2.90. The Kier molecular flexibility index (Phi) is 3.20. The number of hydrogen-bond donors (Lipinski definition) is 1. The number of unbranched alkanes of at least 4 members (excludes halogenated alkanes) is 2. The Hall–Kier alpha value is -0.730. The van der Waals surface area contributed by atoms with Crippen molar-refractivity contribution in [3.8, 4) is 0 Å². The molecule has 0 bridgehead atoms. The highest BCUT2D eigenvalue weighted by Gasteiger charge is 2.21. The lowest BCUT2D eigenvalue weighted by Crippen LogP contribution is -2.14. The van der Waals surface area contributed by atoms with Gasteiger partial charge in [0.2, 0.25) is 0 Å². The number of alkyl carbamates (subject to hydrolysis) is 1. The fourth-order valence-corrected chi connectivity index (χ4v) is 1.21. The van der Waals surface area contributed by atoms with Crippen LogP contribution in [0.3, 0.4) is 0 Å². The zero-order valence-electron chi connectivity index (χ0n) is 6.93. The van der Waals surface area contributed by atoms with Crippen LogP contribution < -0.4 is 5.32 Å². The maximum absolute atomic E-state index is 10.6. The molecule has 1 rings (SSSR count). The molecular formula is C8H15NO2. The molecule has 64 valence electrons. The molecule has 1 amide bonds. The number of rotatable bonds is 4. The number of ether oxygens (including phenoxy) is 1. The van der Waals surface area contributed by atoms with E-state index in [0.29, 0.717) is 6.54 Å². The summed E-state index contributed by atoms with van der Waals surface area (Å²) in [5, 5.41) is 2.64. The smallest absolute Gasteiger partial charge is 0.407 e. The molecule has 0 aliphatic carbocycles. The van der Waals surface area contributed by atoms with Gasteiger partial charge >= 0.3 is 6.09 Å². The highest BCUT2D eigenvalue weighted by atomic mass is 16.6. The van der Waals surface area contributed by atoms with Crippen LogP contribution in [0.25, 0.3) is 0 Å². The van der Waals surface area contributed by atoms with E-state index in [4.69, 9.17) is 4.74 Å². The Morgan fingerprint density at radius 3 is 3.00 bits per heavy atom. The van der Waals surface area contributed by atoms with Gasteiger partial charge in [-0.15, -0.1) is 0 Å². The first-order chi connectivity index (χ1) is 5.33. The molecule has 3 heteroatoms. The van der Waals surface area contributed by atoms with Crippen LogP contribution in [-0.4, -0.2) is 18.7 Å². The molecular weight excluding hydrogens is 142 g/mol. The van der Waals surface area contributed by atoms with Crippen molar-refractivity contribution >= 4 is 6.09 Å². The van der Waals surface area contributed by atoms with Gasteiger partial charge in [0.25, 0.3) is 0 Å². The summed E-state index contributed by atoms with van der Waals surface area (Å²) >= 11 is 0. The molecule has 0 aromatic carbocycles. The summed E-state index contributed by atoms with van der Waals surface area (Å²) in [5.74, 6) is 0. The van der Waals surface area contributed by atoms with Crippen molar-refractivity contribution in [1.29, 1.82) is 0 Å². The summed E-state index contributed by atoms with van der Waals surface area (Å²) in [6.45, 7) is 2.86. The van der Waals surface area contributed by atoms with E-state index >= 15 is 0 Å². The van der Waals surface area contributed by atoms with E-state index in [-0.39, 0.29) is 12.2 Å². The average molecular weight is 157 g/mol. The van der Waals surface area contributed by atoms with Crippen LogP contribution in [0.4, 0.5) is 4.79 Å². The molecule has 1 N–H and O–H groups in total. The maximum atomic E-state index is 10.6. The number of cyclic esters (lactones) is 1. The monoisotopic (exact) mass is 157 g/mol. The zero-order valence-corrected chi connectivity index (χ0v) is 6.93. The van der Waals surface area contributed by atoms with Gasteiger partial charge in [0, 0.05) is 0 Å². The van der Waals surface area contributed by atoms with Gasteiger partial charge < -0.3 is 10.1 Å². The first-order valence-corrected chi connectivity index (χ1v) is 4.27. The lowest BCUT2D eigenvalue weighted by atomic mass is 10.1. The van der Waals surface area contributed by atoms with Crippen LogP contribution in [0.1, 0.15) is 32.6 Å². The third-order valence-electron chi connectivity index (χ3n) is 1.88. The van der Waals surface area contributed by atoms with Crippen molar-refractivity contribution in [2.75, 3.05) is 6.54 Å². The van der Waals surface area contributed by atoms with Crippen LogP contribution in [0, 0.1) is 0 Å². The first-order valence-electron chi connectivity index (χ1n) is 4.27. The van der Waals surface area contributed by atoms with Crippen LogP contribution in [0.15, 0.2) is 0 Å². The molecule has 1 atom stereocenters. The van der Waals surface area contributed by atoms with Gasteiger partial charge in [-0.1, -0.05) is 19.8 Å². The molecule has 11 heavy (non-hydrogen) atoms. The minimum atomic E-state index is -0.258. The zero-order chi connectivity index (χ0) is 8.10. The van der Waals surface area contributed by atoms with Gasteiger partial charge in [-0.2, -0.15) is 0 Å². The Morgan fingerprint density at radius 1 is 1.64 bits per heavy atom. The predicted octanol–water partition coefficient (Wildman–Crippen LogP) is 1.68. The number of carbonyl (C=O) groups excluding carboxylic acids is 1. The third kappa shape index (κ3) is 2.78. The van der Waals surface area contributed by atoms with Gasteiger partial charge in [0.1, 0.15) is 6.10 Å². The SMILES string of the molecule is CCCCCC1CNC(=O)O1. The lowest BCUT2D eigenvalue weighted by Gasteiger charge is -2.05. The topological polar surface area (TPSA) is 38.3 Å². The molecule has 0 aromatic heterocycles. The second-order valence-electron chi connectivity index (χ2n) is 2.90. The van der Waals surface area contributed by atoms with Gasteiger partial charge in [-0.25, -0.2) is 4.79 Å². The maximum Gasteiger partial charge on any atom is 0.407 e. The Labute approximate surface area is 67.1 Å². The minimum absolute atomic E-state index is 0.133. The summed E-state index contributed by atoms with van der Waals surface area (Å²) < 4.78 is 4.96. The van der Waals surface area contributed by atoms with Crippen molar-refractivity contribution < 1.29 is 9.53 Å². The predicted molar refractivity (Wildman–Crippen MR) is 42.4 cm³/mol. The van der Waals surface area contributed by atoms with E-state index in [1.54, 1.807) is 0 Å². The molecule has 3 nitrogen and oxygen atoms in total. The molecule has 1 saturated heterocycles. The molecule has 1 aliphatic heterocycles. The standard InChI is InChI=1S/C8H15NO2/c1-2-3-4-5-7-6-9-8(10)11-7/h7H,2-6H2,1H3,(H,9,10). The fourth-order valence-electron chi connectivity index (χ4n) is 1.21. The quantitative estimate of drug-likeness (QED) is 0.630. The molecule has 0 aromatic rings. The van der Waals surface area contributed by atoms with Crippen molar-refractivity contribution in [2.24, 2.45) is 0 Å². The summed E-state index contributed by atoms with van der Waals surface area (Å²) in [4.78, 5) is 10.6. The summed E-state index contributed by atoms with van der Waals surface area (Å²) in [6, 6.07) is 0. The summed E-state index contributed by atoms with van der Waals surface area (Å²) in [7, 11) is 0. The summed E-state index contributed by atoms with van der Waals surface area (Å²) in [6.07, 6.45) is 4.49. The summed E-state index contributed by atoms with van der Waals surface area (Å²) in [5.41, 5.74) is 0. The van der Waals surface area contributed by atoms with Crippen molar-refractivity contribution in [3.63, 3.8) is 0 Å². The fraction of sp³-hybridized carbons (Fsp3) is 0.875.